The van der Waals surface area contributed by atoms with E-state index in [4.69, 9.17) is 15.2 Å². The molecule has 1 amide bonds. The number of hydrogen-bond acceptors (Lipinski definition) is 4. The summed E-state index contributed by atoms with van der Waals surface area (Å²) in [7, 11) is 1.39. The van der Waals surface area contributed by atoms with Gasteiger partial charge in [-0.3, -0.25) is 4.79 Å². The van der Waals surface area contributed by atoms with E-state index in [2.05, 4.69) is 5.32 Å². The summed E-state index contributed by atoms with van der Waals surface area (Å²) in [5.41, 5.74) is 6.37. The Hall–Kier alpha value is -1.51. The van der Waals surface area contributed by atoms with Gasteiger partial charge in [0.25, 0.3) is 0 Å². The highest BCUT2D eigenvalue weighted by Crippen LogP contribution is 2.28. The van der Waals surface area contributed by atoms with Crippen molar-refractivity contribution in [1.82, 2.24) is 0 Å². The Balaban J connectivity index is 0.00000441. The van der Waals surface area contributed by atoms with Crippen LogP contribution in [0, 0.1) is 6.92 Å². The van der Waals surface area contributed by atoms with Gasteiger partial charge in [0.15, 0.2) is 6.61 Å². The molecule has 0 saturated heterocycles. The van der Waals surface area contributed by atoms with Gasteiger partial charge in [0.05, 0.1) is 12.3 Å². The van der Waals surface area contributed by atoms with E-state index in [0.29, 0.717) is 5.56 Å². The van der Waals surface area contributed by atoms with Gasteiger partial charge in [-0.1, -0.05) is 6.07 Å². The van der Waals surface area contributed by atoms with E-state index in [0.717, 1.165) is 0 Å². The van der Waals surface area contributed by atoms with Gasteiger partial charge < -0.3 is 20.5 Å². The van der Waals surface area contributed by atoms with Crippen molar-refractivity contribution in [2.75, 3.05) is 25.6 Å². The molecule has 0 aliphatic heterocycles. The maximum Gasteiger partial charge on any atom is 0.422 e. The molecule has 0 spiro atoms. The third-order valence-corrected chi connectivity index (χ3v) is 2.47. The molecule has 0 radical (unpaired) electrons. The molecule has 0 bridgehead atoms. The van der Waals surface area contributed by atoms with Crippen LogP contribution in [0.3, 0.4) is 0 Å². The molecule has 1 unspecified atom stereocenters. The zero-order valence-electron chi connectivity index (χ0n) is 12.1. The molecule has 0 saturated carbocycles. The molecule has 1 atom stereocenters. The Kier molecular flexibility index (Phi) is 8.21. The maximum absolute atomic E-state index is 12.2. The normalized spacial score (nSPS) is 12.3. The van der Waals surface area contributed by atoms with E-state index < -0.39 is 24.7 Å². The summed E-state index contributed by atoms with van der Waals surface area (Å²) < 4.78 is 46.1. The fourth-order valence-corrected chi connectivity index (χ4v) is 1.49. The van der Waals surface area contributed by atoms with Gasteiger partial charge in [-0.2, -0.15) is 13.2 Å². The summed E-state index contributed by atoms with van der Waals surface area (Å²) in [6.07, 6.45) is -4.46. The third-order valence-electron chi connectivity index (χ3n) is 2.47. The first-order chi connectivity index (χ1) is 9.73. The smallest absolute Gasteiger partial charge is 0.422 e. The predicted octanol–water partition coefficient (Wildman–Crippen LogP) is 2.27. The van der Waals surface area contributed by atoms with Gasteiger partial charge in [0.2, 0.25) is 5.91 Å². The molecule has 5 nitrogen and oxygen atoms in total. The molecule has 3 N–H and O–H groups in total. The van der Waals surface area contributed by atoms with Crippen molar-refractivity contribution in [3.63, 3.8) is 0 Å². The standard InChI is InChI=1S/C13H17F3N2O3.ClH/c1-8-3-4-10(18-12(19)9(17)6-20-2)11(5-8)21-7-13(14,15)16;/h3-5,9H,6-7,17H2,1-2H3,(H,18,19);1H. The SMILES string of the molecule is COCC(N)C(=O)Nc1ccc(C)cc1OCC(F)(F)F.Cl. The molecule has 0 fully saturated rings. The van der Waals surface area contributed by atoms with E-state index in [-0.39, 0.29) is 30.5 Å². The molecule has 1 aromatic rings. The van der Waals surface area contributed by atoms with Gasteiger partial charge in [0.1, 0.15) is 11.8 Å². The number of nitrogens with one attached hydrogen (secondary N) is 1. The highest BCUT2D eigenvalue weighted by molar-refractivity contribution is 5.96. The number of methoxy groups -OCH3 is 1. The Morgan fingerprint density at radius 3 is 2.59 bits per heavy atom. The molecule has 126 valence electrons. The number of aryl methyl sites for hydroxylation is 1. The van der Waals surface area contributed by atoms with E-state index in [1.165, 1.54) is 19.2 Å². The zero-order chi connectivity index (χ0) is 16.0. The maximum atomic E-state index is 12.2. The van der Waals surface area contributed by atoms with E-state index in [9.17, 15) is 18.0 Å². The first-order valence-electron chi connectivity index (χ1n) is 6.08. The van der Waals surface area contributed by atoms with Crippen LogP contribution in [-0.4, -0.2) is 38.4 Å². The van der Waals surface area contributed by atoms with Gasteiger partial charge in [0, 0.05) is 7.11 Å². The van der Waals surface area contributed by atoms with Crippen LogP contribution in [0.1, 0.15) is 5.56 Å². The van der Waals surface area contributed by atoms with Crippen LogP contribution >= 0.6 is 12.4 Å². The number of amides is 1. The molecule has 22 heavy (non-hydrogen) atoms. The molecular formula is C13H18ClF3N2O3. The number of ether oxygens (including phenoxy) is 2. The van der Waals surface area contributed by atoms with Crippen molar-refractivity contribution in [1.29, 1.82) is 0 Å². The molecular weight excluding hydrogens is 325 g/mol. The molecule has 1 rings (SSSR count). The van der Waals surface area contributed by atoms with Crippen LogP contribution in [0.15, 0.2) is 18.2 Å². The van der Waals surface area contributed by atoms with E-state index in [1.807, 2.05) is 0 Å². The Morgan fingerprint density at radius 1 is 1.41 bits per heavy atom. The van der Waals surface area contributed by atoms with Crippen LogP contribution in [0.25, 0.3) is 0 Å². The Morgan fingerprint density at radius 2 is 2.05 bits per heavy atom. The van der Waals surface area contributed by atoms with Gasteiger partial charge >= 0.3 is 6.18 Å². The average Bonchev–Trinajstić information content (AvgIpc) is 2.38. The number of carbonyl (C=O) groups excluding carboxylic acids is 1. The summed E-state index contributed by atoms with van der Waals surface area (Å²) in [4.78, 5) is 11.7. The van der Waals surface area contributed by atoms with Crippen molar-refractivity contribution in [3.05, 3.63) is 23.8 Å². The molecule has 0 aliphatic rings. The second-order valence-corrected chi connectivity index (χ2v) is 4.45. The van der Waals surface area contributed by atoms with Crippen LogP contribution in [0.4, 0.5) is 18.9 Å². The monoisotopic (exact) mass is 342 g/mol. The Bertz CT molecular complexity index is 498. The summed E-state index contributed by atoms with van der Waals surface area (Å²) in [6.45, 7) is 0.253. The lowest BCUT2D eigenvalue weighted by molar-refractivity contribution is -0.153. The molecule has 1 aromatic carbocycles. The van der Waals surface area contributed by atoms with E-state index >= 15 is 0 Å². The van der Waals surface area contributed by atoms with Crippen LogP contribution in [-0.2, 0) is 9.53 Å². The highest BCUT2D eigenvalue weighted by Gasteiger charge is 2.29. The minimum absolute atomic E-state index is 0. The number of benzene rings is 1. The summed E-state index contributed by atoms with van der Waals surface area (Å²) >= 11 is 0. The lowest BCUT2D eigenvalue weighted by Gasteiger charge is -2.16. The quantitative estimate of drug-likeness (QED) is 0.831. The number of alkyl halides is 3. The first-order valence-corrected chi connectivity index (χ1v) is 6.08. The number of rotatable bonds is 6. The van der Waals surface area contributed by atoms with Gasteiger partial charge in [-0.25, -0.2) is 0 Å². The summed E-state index contributed by atoms with van der Waals surface area (Å²) in [6, 6.07) is 3.58. The second kappa shape index (κ2) is 8.82. The lowest BCUT2D eigenvalue weighted by atomic mass is 10.2. The molecule has 0 aromatic heterocycles. The minimum atomic E-state index is -4.46. The number of anilines is 1. The van der Waals surface area contributed by atoms with Gasteiger partial charge in [-0.15, -0.1) is 12.4 Å². The largest absolute Gasteiger partial charge is 0.482 e. The third kappa shape index (κ3) is 6.97. The number of hydrogen-bond donors (Lipinski definition) is 2. The number of nitrogens with two attached hydrogens (primary N) is 1. The van der Waals surface area contributed by atoms with E-state index in [1.54, 1.807) is 13.0 Å². The molecule has 0 aliphatic carbocycles. The second-order valence-electron chi connectivity index (χ2n) is 4.45. The topological polar surface area (TPSA) is 73.6 Å². The van der Waals surface area contributed by atoms with Crippen molar-refractivity contribution in [3.8, 4) is 5.75 Å². The summed E-state index contributed by atoms with van der Waals surface area (Å²) in [5.74, 6) is -0.636. The van der Waals surface area contributed by atoms with Gasteiger partial charge in [-0.05, 0) is 24.6 Å². The van der Waals surface area contributed by atoms with Crippen molar-refractivity contribution < 1.29 is 27.4 Å². The number of halogens is 4. The molecule has 0 heterocycles. The highest BCUT2D eigenvalue weighted by atomic mass is 35.5. The lowest BCUT2D eigenvalue weighted by Crippen LogP contribution is -2.39. The van der Waals surface area contributed by atoms with Crippen LogP contribution < -0.4 is 15.8 Å². The predicted molar refractivity (Wildman–Crippen MR) is 78.5 cm³/mol. The Labute approximate surface area is 132 Å². The average molecular weight is 343 g/mol. The van der Waals surface area contributed by atoms with Crippen LogP contribution in [0.2, 0.25) is 0 Å². The molecule has 9 heteroatoms. The first kappa shape index (κ1) is 20.5. The van der Waals surface area contributed by atoms with Crippen molar-refractivity contribution in [2.45, 2.75) is 19.1 Å². The fraction of sp³-hybridized carbons (Fsp3) is 0.462. The minimum Gasteiger partial charge on any atom is -0.482 e. The fourth-order valence-electron chi connectivity index (χ4n) is 1.49. The van der Waals surface area contributed by atoms with Crippen molar-refractivity contribution >= 4 is 24.0 Å². The van der Waals surface area contributed by atoms with Crippen LogP contribution in [0.5, 0.6) is 5.75 Å². The zero-order valence-corrected chi connectivity index (χ0v) is 12.9. The number of carbonyl (C=O) groups is 1. The summed E-state index contributed by atoms with van der Waals surface area (Å²) in [5, 5.41) is 2.42. The van der Waals surface area contributed by atoms with Crippen molar-refractivity contribution in [2.24, 2.45) is 5.73 Å².